The molecule has 1 nitrogen and oxygen atoms in total. The van der Waals surface area contributed by atoms with Crippen LogP contribution < -0.4 is 21.1 Å². The Kier molecular flexibility index (Phi) is 6.36. The number of allylic oxidation sites excluding steroid dienone is 4. The molecule has 8 aromatic rings. The summed E-state index contributed by atoms with van der Waals surface area (Å²) < 4.78 is 6.49. The largest absolute Gasteiger partial charge is 0.456 e. The molecule has 11 rings (SSSR count). The van der Waals surface area contributed by atoms with Crippen LogP contribution in [0.2, 0.25) is 0 Å². The summed E-state index contributed by atoms with van der Waals surface area (Å²) in [5.74, 6) is 0. The SMILES string of the molecule is C1=CCC(=c2ccc3c(c2)C(c2ccccc2)(c2ccccc2)c2cc(=C4C=c5c(oc6cc7ccccc7cc56)=CC4)c4ccccc4c2=3)C=C1. The van der Waals surface area contributed by atoms with Crippen molar-refractivity contribution >= 4 is 55.8 Å². The van der Waals surface area contributed by atoms with E-state index in [4.69, 9.17) is 4.42 Å². The predicted molar refractivity (Wildman–Crippen MR) is 215 cm³/mol. The molecular weight excluding hydrogens is 629 g/mol. The fourth-order valence-corrected chi connectivity index (χ4v) is 9.28. The normalized spacial score (nSPS) is 17.5. The van der Waals surface area contributed by atoms with Gasteiger partial charge in [0.05, 0.1) is 5.41 Å². The summed E-state index contributed by atoms with van der Waals surface area (Å²) in [5, 5.41) is 12.5. The molecule has 3 aliphatic carbocycles. The maximum absolute atomic E-state index is 6.49. The first kappa shape index (κ1) is 29.3. The summed E-state index contributed by atoms with van der Waals surface area (Å²) in [5.41, 5.74) is 9.29. The van der Waals surface area contributed by atoms with E-state index in [2.05, 4.69) is 182 Å². The van der Waals surface area contributed by atoms with Gasteiger partial charge in [0.1, 0.15) is 11.0 Å². The Morgan fingerprint density at radius 3 is 1.98 bits per heavy atom. The molecule has 0 radical (unpaired) electrons. The highest BCUT2D eigenvalue weighted by Crippen LogP contribution is 2.49. The van der Waals surface area contributed by atoms with Crippen molar-refractivity contribution in [1.82, 2.24) is 0 Å². The lowest BCUT2D eigenvalue weighted by Crippen LogP contribution is -2.32. The van der Waals surface area contributed by atoms with E-state index in [1.807, 2.05) is 0 Å². The third-order valence-corrected chi connectivity index (χ3v) is 11.6. The van der Waals surface area contributed by atoms with Crippen molar-refractivity contribution in [3.05, 3.63) is 224 Å². The number of hydrogen-bond acceptors (Lipinski definition) is 1. The monoisotopic (exact) mass is 662 g/mol. The topological polar surface area (TPSA) is 13.1 Å². The molecule has 0 N–H and O–H groups in total. The average Bonchev–Trinajstić information content (AvgIpc) is 3.72. The van der Waals surface area contributed by atoms with Crippen molar-refractivity contribution in [3.63, 3.8) is 0 Å². The lowest BCUT2D eigenvalue weighted by molar-refractivity contribution is 0.574. The highest BCUT2D eigenvalue weighted by molar-refractivity contribution is 5.99. The molecule has 244 valence electrons. The van der Waals surface area contributed by atoms with Crippen molar-refractivity contribution in [2.24, 2.45) is 0 Å². The number of benzene rings is 7. The molecule has 0 unspecified atom stereocenters. The Morgan fingerprint density at radius 1 is 0.519 bits per heavy atom. The number of furan rings is 1. The molecule has 0 saturated carbocycles. The van der Waals surface area contributed by atoms with Gasteiger partial charge in [0.25, 0.3) is 0 Å². The smallest absolute Gasteiger partial charge is 0.136 e. The predicted octanol–water partition coefficient (Wildman–Crippen LogP) is 9.20. The Morgan fingerprint density at radius 2 is 1.23 bits per heavy atom. The summed E-state index contributed by atoms with van der Waals surface area (Å²) in [7, 11) is 0. The highest BCUT2D eigenvalue weighted by atomic mass is 16.3. The molecule has 0 fully saturated rings. The van der Waals surface area contributed by atoms with Gasteiger partial charge in [-0.15, -0.1) is 0 Å². The van der Waals surface area contributed by atoms with E-state index in [-0.39, 0.29) is 0 Å². The van der Waals surface area contributed by atoms with Crippen LogP contribution in [0.1, 0.15) is 35.1 Å². The Labute approximate surface area is 301 Å². The summed E-state index contributed by atoms with van der Waals surface area (Å²) in [4.78, 5) is 0. The molecule has 0 aliphatic heterocycles. The molecule has 0 amide bonds. The van der Waals surface area contributed by atoms with Gasteiger partial charge in [-0.1, -0.05) is 146 Å². The molecule has 7 aromatic carbocycles. The van der Waals surface area contributed by atoms with Gasteiger partial charge in [-0.2, -0.15) is 0 Å². The minimum absolute atomic E-state index is 0.512. The van der Waals surface area contributed by atoms with E-state index in [9.17, 15) is 0 Å². The van der Waals surface area contributed by atoms with Gasteiger partial charge in [0, 0.05) is 10.6 Å². The van der Waals surface area contributed by atoms with E-state index in [1.165, 1.54) is 86.4 Å². The average molecular weight is 663 g/mol. The van der Waals surface area contributed by atoms with Crippen LogP contribution in [-0.4, -0.2) is 0 Å². The van der Waals surface area contributed by atoms with Crippen LogP contribution in [0, 0.1) is 10.4 Å². The zero-order valence-corrected chi connectivity index (χ0v) is 28.6. The van der Waals surface area contributed by atoms with Crippen LogP contribution >= 0.6 is 0 Å². The van der Waals surface area contributed by atoms with Crippen molar-refractivity contribution in [1.29, 1.82) is 0 Å². The van der Waals surface area contributed by atoms with Gasteiger partial charge >= 0.3 is 0 Å². The number of hydrogen-bond donors (Lipinski definition) is 0. The van der Waals surface area contributed by atoms with Crippen molar-refractivity contribution < 1.29 is 4.42 Å². The van der Waals surface area contributed by atoms with Gasteiger partial charge in [-0.3, -0.25) is 0 Å². The van der Waals surface area contributed by atoms with E-state index in [0.717, 1.165) is 23.8 Å². The molecular formula is C51H34O. The van der Waals surface area contributed by atoms with Gasteiger partial charge in [0.15, 0.2) is 0 Å². The summed E-state index contributed by atoms with van der Waals surface area (Å²) in [6.07, 6.45) is 15.2. The molecule has 0 saturated heterocycles. The third kappa shape index (κ3) is 4.17. The molecule has 0 bridgehead atoms. The first-order chi connectivity index (χ1) is 25.8. The highest BCUT2D eigenvalue weighted by Gasteiger charge is 2.43. The van der Waals surface area contributed by atoms with E-state index in [0.29, 0.717) is 0 Å². The first-order valence-electron chi connectivity index (χ1n) is 18.3. The van der Waals surface area contributed by atoms with Crippen LogP contribution in [0.25, 0.3) is 55.8 Å². The summed E-state index contributed by atoms with van der Waals surface area (Å²) in [6, 6.07) is 54.2. The van der Waals surface area contributed by atoms with E-state index >= 15 is 0 Å². The van der Waals surface area contributed by atoms with Crippen molar-refractivity contribution in [2.45, 2.75) is 18.3 Å². The fraction of sp³-hybridized carbons (Fsp3) is 0.0588. The maximum Gasteiger partial charge on any atom is 0.136 e. The van der Waals surface area contributed by atoms with Crippen molar-refractivity contribution in [2.75, 3.05) is 0 Å². The molecule has 1 heterocycles. The Hall–Kier alpha value is -6.44. The molecule has 0 spiro atoms. The fourth-order valence-electron chi connectivity index (χ4n) is 9.28. The first-order valence-corrected chi connectivity index (χ1v) is 18.3. The van der Waals surface area contributed by atoms with Crippen LogP contribution in [0.3, 0.4) is 0 Å². The van der Waals surface area contributed by atoms with Crippen molar-refractivity contribution in [3.8, 4) is 0 Å². The Bertz CT molecular complexity index is 3170. The minimum Gasteiger partial charge on any atom is -0.456 e. The van der Waals surface area contributed by atoms with Crippen LogP contribution in [0.5, 0.6) is 0 Å². The molecule has 3 aliphatic rings. The molecule has 0 atom stereocenters. The summed E-state index contributed by atoms with van der Waals surface area (Å²) in [6.45, 7) is 0. The lowest BCUT2D eigenvalue weighted by Gasteiger charge is -2.34. The second kappa shape index (κ2) is 11.3. The van der Waals surface area contributed by atoms with Crippen LogP contribution in [-0.2, 0) is 5.41 Å². The van der Waals surface area contributed by atoms with Gasteiger partial charge in [-0.25, -0.2) is 0 Å². The quantitative estimate of drug-likeness (QED) is 0.180. The second-order valence-electron chi connectivity index (χ2n) is 14.3. The zero-order chi connectivity index (χ0) is 34.2. The lowest BCUT2D eigenvalue weighted by atomic mass is 9.66. The summed E-state index contributed by atoms with van der Waals surface area (Å²) >= 11 is 0. The molecule has 52 heavy (non-hydrogen) atoms. The standard InChI is InChI=1S/C51H34O/c1-4-14-33(15-5-1)36-24-26-42-46(30-36)51(38-18-6-2-7-19-38,39-20-8-3-9-21-39)47-32-43(40-22-12-13-23-41(40)50(42)47)37-25-27-48-44(29-37)45-28-34-16-10-11-17-35(34)31-49(45)52-48/h1-14,16-24,26-32H,15,25H2. The zero-order valence-electron chi connectivity index (χ0n) is 28.6. The van der Waals surface area contributed by atoms with Crippen LogP contribution in [0.15, 0.2) is 174 Å². The van der Waals surface area contributed by atoms with Gasteiger partial charge < -0.3 is 4.42 Å². The second-order valence-corrected chi connectivity index (χ2v) is 14.3. The molecule has 1 heteroatoms. The van der Waals surface area contributed by atoms with Gasteiger partial charge in [0.2, 0.25) is 0 Å². The van der Waals surface area contributed by atoms with Gasteiger partial charge in [-0.05, 0) is 125 Å². The number of fused-ring (bicyclic) bond motifs is 8. The number of rotatable bonds is 2. The third-order valence-electron chi connectivity index (χ3n) is 11.6. The molecule has 1 aromatic heterocycles. The van der Waals surface area contributed by atoms with Crippen LogP contribution in [0.4, 0.5) is 0 Å². The minimum atomic E-state index is -0.512. The van der Waals surface area contributed by atoms with E-state index in [1.54, 1.807) is 0 Å². The van der Waals surface area contributed by atoms with E-state index < -0.39 is 5.41 Å². The maximum atomic E-state index is 6.49. The Balaban J connectivity index is 1.31.